The molecule has 0 radical (unpaired) electrons. The maximum absolute atomic E-state index is 12.1. The Morgan fingerprint density at radius 2 is 1.69 bits per heavy atom. The minimum atomic E-state index is -4.83. The number of phosphoric ester groups is 1. The van der Waals surface area contributed by atoms with Crippen LogP contribution in [0.3, 0.4) is 0 Å². The number of guanidine groups is 1. The maximum atomic E-state index is 12.1. The van der Waals surface area contributed by atoms with Crippen molar-refractivity contribution >= 4 is 25.6 Å². The molecule has 0 rings (SSSR count). The number of hydrogen-bond donors (Lipinski definition) is 9. The molecule has 0 saturated heterocycles. The van der Waals surface area contributed by atoms with Crippen LogP contribution in [0.2, 0.25) is 0 Å². The first kappa shape index (κ1) is 30.2. The summed E-state index contributed by atoms with van der Waals surface area (Å²) in [4.78, 5) is 45.8. The van der Waals surface area contributed by atoms with Crippen LogP contribution in [0.25, 0.3) is 0 Å². The van der Waals surface area contributed by atoms with Gasteiger partial charge in [-0.2, -0.15) is 0 Å². The van der Waals surface area contributed by atoms with Gasteiger partial charge in [-0.3, -0.25) is 19.1 Å². The average Bonchev–Trinajstić information content (AvgIpc) is 2.67. The van der Waals surface area contributed by atoms with Crippen LogP contribution in [0.15, 0.2) is 4.99 Å². The van der Waals surface area contributed by atoms with Gasteiger partial charge >= 0.3 is 7.82 Å². The fourth-order valence-electron chi connectivity index (χ4n) is 2.60. The topological polar surface area (TPSA) is 248 Å². The fourth-order valence-corrected chi connectivity index (χ4v) is 3.17. The molecular formula is C17H38N7O7P. The molecule has 0 spiro atoms. The Hall–Kier alpha value is -1.80. The Balaban J connectivity index is 4.28. The number of nitrogens with one attached hydrogen (secondary N) is 3. The highest BCUT2D eigenvalue weighted by Gasteiger charge is 2.26. The van der Waals surface area contributed by atoms with E-state index in [9.17, 15) is 19.3 Å². The molecule has 12 N–H and O–H groups in total. The molecule has 32 heavy (non-hydrogen) atoms. The molecule has 0 aliphatic heterocycles. The number of aliphatic hydroxyl groups excluding tert-OH is 1. The lowest BCUT2D eigenvalue weighted by molar-refractivity contribution is -0.137. The van der Waals surface area contributed by atoms with Gasteiger partial charge in [-0.25, -0.2) is 4.57 Å². The largest absolute Gasteiger partial charge is 0.469 e. The van der Waals surface area contributed by atoms with Crippen LogP contribution < -0.4 is 33.2 Å². The van der Waals surface area contributed by atoms with E-state index in [-0.39, 0.29) is 12.4 Å². The molecule has 0 aliphatic rings. The summed E-state index contributed by atoms with van der Waals surface area (Å²) in [6.45, 7) is 2.88. The fraction of sp³-hybridized carbons (Fsp3) is 0.824. The van der Waals surface area contributed by atoms with Crippen LogP contribution >= 0.6 is 7.82 Å². The van der Waals surface area contributed by atoms with Crippen molar-refractivity contribution in [3.8, 4) is 0 Å². The van der Waals surface area contributed by atoms with Crippen LogP contribution in [0.1, 0.15) is 44.9 Å². The number of phosphoric acid groups is 1. The number of unbranched alkanes of at least 4 members (excludes halogenated alkanes) is 2. The standard InChI is InChI=1S/C17H38N7O7P/c18-7-5-9-21-8-3-4-10-22-15(26)16(27)24-14(25)12-13(31-32(28,29)30)6-1-2-11-23-17(19)20/h13,16,21,27H,1-12,18H2,(H,22,26)(H,24,25)(H4,19,20,23)(H2,28,29,30). The molecule has 0 heterocycles. The molecular weight excluding hydrogens is 445 g/mol. The van der Waals surface area contributed by atoms with Gasteiger partial charge in [-0.1, -0.05) is 0 Å². The van der Waals surface area contributed by atoms with Crippen LogP contribution in [0.5, 0.6) is 0 Å². The summed E-state index contributed by atoms with van der Waals surface area (Å²) in [6, 6.07) is 0. The zero-order valence-electron chi connectivity index (χ0n) is 18.2. The second kappa shape index (κ2) is 17.7. The van der Waals surface area contributed by atoms with E-state index >= 15 is 0 Å². The summed E-state index contributed by atoms with van der Waals surface area (Å²) >= 11 is 0. The van der Waals surface area contributed by atoms with E-state index in [2.05, 4.69) is 25.5 Å². The lowest BCUT2D eigenvalue weighted by Gasteiger charge is -2.19. The Labute approximate surface area is 188 Å². The third-order valence-corrected chi connectivity index (χ3v) is 4.68. The maximum Gasteiger partial charge on any atom is 0.469 e. The first-order chi connectivity index (χ1) is 15.0. The van der Waals surface area contributed by atoms with Gasteiger partial charge in [0.2, 0.25) is 12.1 Å². The minimum Gasteiger partial charge on any atom is -0.370 e. The van der Waals surface area contributed by atoms with Crippen LogP contribution in [-0.2, 0) is 18.7 Å². The lowest BCUT2D eigenvalue weighted by Crippen LogP contribution is -2.47. The molecule has 188 valence electrons. The number of aliphatic imine (C=N–C) groups is 1. The normalized spacial score (nSPS) is 13.2. The molecule has 0 bridgehead atoms. The highest BCUT2D eigenvalue weighted by molar-refractivity contribution is 7.46. The van der Waals surface area contributed by atoms with E-state index in [0.717, 1.165) is 25.9 Å². The molecule has 0 aliphatic carbocycles. The molecule has 0 fully saturated rings. The predicted molar refractivity (Wildman–Crippen MR) is 119 cm³/mol. The zero-order valence-corrected chi connectivity index (χ0v) is 19.1. The quantitative estimate of drug-likeness (QED) is 0.0307. The number of aliphatic hydroxyl groups is 1. The number of rotatable bonds is 19. The first-order valence-electron chi connectivity index (χ1n) is 10.5. The summed E-state index contributed by atoms with van der Waals surface area (Å²) < 4.78 is 15.8. The molecule has 0 aromatic carbocycles. The van der Waals surface area contributed by atoms with Crippen molar-refractivity contribution in [2.24, 2.45) is 22.2 Å². The highest BCUT2D eigenvalue weighted by atomic mass is 31.2. The number of nitrogens with zero attached hydrogens (tertiary/aromatic N) is 1. The summed E-state index contributed by atoms with van der Waals surface area (Å²) in [5, 5.41) is 17.6. The lowest BCUT2D eigenvalue weighted by atomic mass is 10.1. The number of carbonyl (C=O) groups excluding carboxylic acids is 2. The van der Waals surface area contributed by atoms with Crippen LogP contribution in [0.4, 0.5) is 0 Å². The van der Waals surface area contributed by atoms with Crippen molar-refractivity contribution in [2.75, 3.05) is 32.7 Å². The van der Waals surface area contributed by atoms with Gasteiger partial charge in [0, 0.05) is 13.1 Å². The van der Waals surface area contributed by atoms with Crippen LogP contribution in [0, 0.1) is 0 Å². The van der Waals surface area contributed by atoms with Gasteiger partial charge in [-0.05, 0) is 58.2 Å². The van der Waals surface area contributed by atoms with Crippen molar-refractivity contribution in [1.29, 1.82) is 0 Å². The van der Waals surface area contributed by atoms with Gasteiger partial charge in [0.15, 0.2) is 5.96 Å². The SMILES string of the molecule is NCCCNCCCCNC(=O)C(O)NC(=O)CC(CCCCN=C(N)N)OP(=O)(O)O. The predicted octanol–water partition coefficient (Wildman–Crippen LogP) is -2.43. The van der Waals surface area contributed by atoms with Gasteiger partial charge in [0.1, 0.15) is 0 Å². The van der Waals surface area contributed by atoms with Crippen molar-refractivity contribution in [3.05, 3.63) is 0 Å². The van der Waals surface area contributed by atoms with E-state index in [1.807, 2.05) is 0 Å². The number of nitrogens with two attached hydrogens (primary N) is 3. The molecule has 0 aromatic rings. The molecule has 15 heteroatoms. The zero-order chi connectivity index (χ0) is 24.4. The van der Waals surface area contributed by atoms with Gasteiger partial charge < -0.3 is 48.0 Å². The summed E-state index contributed by atoms with van der Waals surface area (Å²) in [7, 11) is -4.83. The highest BCUT2D eigenvalue weighted by Crippen LogP contribution is 2.39. The average molecular weight is 484 g/mol. The van der Waals surface area contributed by atoms with Crippen molar-refractivity contribution < 1.29 is 33.6 Å². The Bertz CT molecular complexity index is 614. The third-order valence-electron chi connectivity index (χ3n) is 4.11. The summed E-state index contributed by atoms with van der Waals surface area (Å²) in [5.41, 5.74) is 15.8. The summed E-state index contributed by atoms with van der Waals surface area (Å²) in [5.74, 6) is -1.64. The minimum absolute atomic E-state index is 0.0705. The van der Waals surface area contributed by atoms with Crippen LogP contribution in [-0.4, -0.2) is 77.7 Å². The number of carbonyl (C=O) groups is 2. The molecule has 14 nitrogen and oxygen atoms in total. The third kappa shape index (κ3) is 18.9. The molecule has 0 aromatic heterocycles. The Morgan fingerprint density at radius 1 is 1.03 bits per heavy atom. The van der Waals surface area contributed by atoms with Crippen molar-refractivity contribution in [2.45, 2.75) is 57.3 Å². The van der Waals surface area contributed by atoms with E-state index in [0.29, 0.717) is 38.9 Å². The van der Waals surface area contributed by atoms with E-state index in [4.69, 9.17) is 27.0 Å². The molecule has 2 atom stereocenters. The molecule has 2 unspecified atom stereocenters. The Kier molecular flexibility index (Phi) is 16.7. The van der Waals surface area contributed by atoms with E-state index in [1.165, 1.54) is 0 Å². The van der Waals surface area contributed by atoms with Crippen molar-refractivity contribution in [3.63, 3.8) is 0 Å². The summed E-state index contributed by atoms with van der Waals surface area (Å²) in [6.07, 6.45) is 0.109. The molecule has 0 saturated carbocycles. The van der Waals surface area contributed by atoms with Crippen molar-refractivity contribution in [1.82, 2.24) is 16.0 Å². The second-order valence-electron chi connectivity index (χ2n) is 7.08. The monoisotopic (exact) mass is 483 g/mol. The van der Waals surface area contributed by atoms with Gasteiger partial charge in [0.25, 0.3) is 5.91 Å². The smallest absolute Gasteiger partial charge is 0.370 e. The molecule has 2 amide bonds. The second-order valence-corrected chi connectivity index (χ2v) is 8.28. The first-order valence-corrected chi connectivity index (χ1v) is 12.0. The van der Waals surface area contributed by atoms with Gasteiger partial charge in [0.05, 0.1) is 12.5 Å². The Morgan fingerprint density at radius 3 is 2.31 bits per heavy atom. The number of hydrogen-bond acceptors (Lipinski definition) is 8. The number of amides is 2. The van der Waals surface area contributed by atoms with E-state index < -0.39 is 38.4 Å². The van der Waals surface area contributed by atoms with E-state index in [1.54, 1.807) is 0 Å². The van der Waals surface area contributed by atoms with Gasteiger partial charge in [-0.15, -0.1) is 0 Å².